The fourth-order valence-electron chi connectivity index (χ4n) is 1.67. The van der Waals surface area contributed by atoms with Gasteiger partial charge in [0.1, 0.15) is 0 Å². The standard InChI is InChI=1S/C12H16N2OS/c1-3-6-14(9-4-5-9)12(15)11-7-10(13)8(2)16-11/h3,7,9H,1,4-6,13H2,2H3. The first-order valence-electron chi connectivity index (χ1n) is 5.41. The summed E-state index contributed by atoms with van der Waals surface area (Å²) >= 11 is 1.47. The molecule has 0 aliphatic heterocycles. The Morgan fingerprint density at radius 1 is 1.75 bits per heavy atom. The van der Waals surface area contributed by atoms with Crippen LogP contribution in [0.5, 0.6) is 0 Å². The molecule has 0 spiro atoms. The fraction of sp³-hybridized carbons (Fsp3) is 0.417. The summed E-state index contributed by atoms with van der Waals surface area (Å²) in [6.07, 6.45) is 4.00. The number of carbonyl (C=O) groups excluding carboxylic acids is 1. The van der Waals surface area contributed by atoms with Crippen LogP contribution < -0.4 is 5.73 Å². The van der Waals surface area contributed by atoms with Gasteiger partial charge in [-0.25, -0.2) is 0 Å². The maximum absolute atomic E-state index is 12.2. The zero-order chi connectivity index (χ0) is 11.7. The summed E-state index contributed by atoms with van der Waals surface area (Å²) in [6, 6.07) is 2.19. The van der Waals surface area contributed by atoms with Crippen molar-refractivity contribution in [2.24, 2.45) is 0 Å². The molecule has 1 heterocycles. The molecule has 0 radical (unpaired) electrons. The lowest BCUT2D eigenvalue weighted by atomic mass is 10.3. The van der Waals surface area contributed by atoms with Gasteiger partial charge in [-0.2, -0.15) is 0 Å². The molecule has 4 heteroatoms. The summed E-state index contributed by atoms with van der Waals surface area (Å²) < 4.78 is 0. The van der Waals surface area contributed by atoms with E-state index in [2.05, 4.69) is 6.58 Å². The Morgan fingerprint density at radius 3 is 2.88 bits per heavy atom. The Morgan fingerprint density at radius 2 is 2.44 bits per heavy atom. The number of anilines is 1. The number of nitrogens with zero attached hydrogens (tertiary/aromatic N) is 1. The van der Waals surface area contributed by atoms with Gasteiger partial charge in [0.2, 0.25) is 0 Å². The van der Waals surface area contributed by atoms with E-state index in [1.165, 1.54) is 11.3 Å². The normalized spacial score (nSPS) is 14.8. The molecule has 86 valence electrons. The SMILES string of the molecule is C=CCN(C(=O)c1cc(N)c(C)s1)C1CC1. The van der Waals surface area contributed by atoms with Gasteiger partial charge in [0.05, 0.1) is 4.88 Å². The number of amides is 1. The van der Waals surface area contributed by atoms with Crippen LogP contribution in [0.4, 0.5) is 5.69 Å². The molecule has 1 amide bonds. The van der Waals surface area contributed by atoms with Gasteiger partial charge in [0.15, 0.2) is 0 Å². The van der Waals surface area contributed by atoms with Gasteiger partial charge in [0, 0.05) is 23.2 Å². The van der Waals surface area contributed by atoms with E-state index in [0.717, 1.165) is 22.6 Å². The molecule has 1 aromatic rings. The summed E-state index contributed by atoms with van der Waals surface area (Å²) in [4.78, 5) is 15.9. The Bertz CT molecular complexity index is 401. The third kappa shape index (κ3) is 2.11. The lowest BCUT2D eigenvalue weighted by molar-refractivity contribution is 0.0767. The summed E-state index contributed by atoms with van der Waals surface area (Å²) in [7, 11) is 0. The van der Waals surface area contributed by atoms with Crippen LogP contribution in [0.3, 0.4) is 0 Å². The number of nitrogen functional groups attached to an aromatic ring is 1. The summed E-state index contributed by atoms with van der Waals surface area (Å²) in [6.45, 7) is 6.26. The summed E-state index contributed by atoms with van der Waals surface area (Å²) in [5.74, 6) is 0.0900. The Hall–Kier alpha value is -1.29. The van der Waals surface area contributed by atoms with Crippen LogP contribution in [0.15, 0.2) is 18.7 Å². The van der Waals surface area contributed by atoms with Gasteiger partial charge in [-0.3, -0.25) is 4.79 Å². The summed E-state index contributed by atoms with van der Waals surface area (Å²) in [5.41, 5.74) is 6.47. The van der Waals surface area contributed by atoms with Crippen molar-refractivity contribution in [3.8, 4) is 0 Å². The molecule has 1 fully saturated rings. The van der Waals surface area contributed by atoms with Crippen molar-refractivity contribution in [2.75, 3.05) is 12.3 Å². The largest absolute Gasteiger partial charge is 0.398 e. The molecule has 0 unspecified atom stereocenters. The first-order valence-corrected chi connectivity index (χ1v) is 6.23. The minimum absolute atomic E-state index is 0.0900. The van der Waals surface area contributed by atoms with Crippen molar-refractivity contribution >= 4 is 22.9 Å². The molecule has 0 saturated heterocycles. The number of hydrogen-bond acceptors (Lipinski definition) is 3. The Labute approximate surface area is 99.6 Å². The molecule has 2 N–H and O–H groups in total. The number of carbonyl (C=O) groups is 1. The zero-order valence-electron chi connectivity index (χ0n) is 9.40. The van der Waals surface area contributed by atoms with Crippen molar-refractivity contribution in [3.05, 3.63) is 28.5 Å². The van der Waals surface area contributed by atoms with Crippen molar-refractivity contribution in [2.45, 2.75) is 25.8 Å². The van der Waals surface area contributed by atoms with Crippen LogP contribution in [0.1, 0.15) is 27.4 Å². The number of thiophene rings is 1. The van der Waals surface area contributed by atoms with E-state index < -0.39 is 0 Å². The number of nitrogens with two attached hydrogens (primary N) is 1. The highest BCUT2D eigenvalue weighted by atomic mass is 32.1. The van der Waals surface area contributed by atoms with Gasteiger partial charge < -0.3 is 10.6 Å². The molecule has 1 aliphatic carbocycles. The van der Waals surface area contributed by atoms with Crippen molar-refractivity contribution in [3.63, 3.8) is 0 Å². The highest BCUT2D eigenvalue weighted by molar-refractivity contribution is 7.14. The highest BCUT2D eigenvalue weighted by Crippen LogP contribution is 2.31. The van der Waals surface area contributed by atoms with Crippen molar-refractivity contribution < 1.29 is 4.79 Å². The second kappa shape index (κ2) is 4.29. The van der Waals surface area contributed by atoms with E-state index in [0.29, 0.717) is 18.3 Å². The number of rotatable bonds is 4. The molecule has 3 nitrogen and oxygen atoms in total. The zero-order valence-corrected chi connectivity index (χ0v) is 10.2. The monoisotopic (exact) mass is 236 g/mol. The first kappa shape index (κ1) is 11.2. The lowest BCUT2D eigenvalue weighted by Gasteiger charge is -2.19. The third-order valence-corrected chi connectivity index (χ3v) is 3.80. The number of hydrogen-bond donors (Lipinski definition) is 1. The molecule has 0 aromatic carbocycles. The molecule has 1 saturated carbocycles. The maximum Gasteiger partial charge on any atom is 0.264 e. The Kier molecular flexibility index (Phi) is 3.01. The van der Waals surface area contributed by atoms with E-state index in [1.54, 1.807) is 12.1 Å². The average molecular weight is 236 g/mol. The van der Waals surface area contributed by atoms with Crippen LogP contribution in [0, 0.1) is 6.92 Å². The van der Waals surface area contributed by atoms with Crippen molar-refractivity contribution in [1.29, 1.82) is 0 Å². The molecule has 16 heavy (non-hydrogen) atoms. The van der Waals surface area contributed by atoms with E-state index >= 15 is 0 Å². The topological polar surface area (TPSA) is 46.3 Å². The van der Waals surface area contributed by atoms with Gasteiger partial charge in [0.25, 0.3) is 5.91 Å². The molecule has 1 aromatic heterocycles. The predicted octanol–water partition coefficient (Wildman–Crippen LogP) is 2.43. The van der Waals surface area contributed by atoms with Crippen LogP contribution in [0.25, 0.3) is 0 Å². The number of aryl methyl sites for hydroxylation is 1. The maximum atomic E-state index is 12.2. The van der Waals surface area contributed by atoms with Crippen LogP contribution >= 0.6 is 11.3 Å². The third-order valence-electron chi connectivity index (χ3n) is 2.74. The first-order chi connectivity index (χ1) is 7.63. The van der Waals surface area contributed by atoms with Crippen LogP contribution in [-0.4, -0.2) is 23.4 Å². The summed E-state index contributed by atoms with van der Waals surface area (Å²) in [5, 5.41) is 0. The van der Waals surface area contributed by atoms with Crippen molar-refractivity contribution in [1.82, 2.24) is 4.90 Å². The van der Waals surface area contributed by atoms with Gasteiger partial charge in [-0.1, -0.05) is 6.08 Å². The van der Waals surface area contributed by atoms with E-state index in [1.807, 2.05) is 11.8 Å². The van der Waals surface area contributed by atoms with Gasteiger partial charge in [-0.05, 0) is 25.8 Å². The van der Waals surface area contributed by atoms with Crippen LogP contribution in [-0.2, 0) is 0 Å². The minimum Gasteiger partial charge on any atom is -0.398 e. The van der Waals surface area contributed by atoms with Crippen LogP contribution in [0.2, 0.25) is 0 Å². The quantitative estimate of drug-likeness (QED) is 0.816. The smallest absolute Gasteiger partial charge is 0.264 e. The van der Waals surface area contributed by atoms with E-state index in [9.17, 15) is 4.79 Å². The molecule has 2 rings (SSSR count). The van der Waals surface area contributed by atoms with Gasteiger partial charge in [-0.15, -0.1) is 17.9 Å². The lowest BCUT2D eigenvalue weighted by Crippen LogP contribution is -2.32. The molecular weight excluding hydrogens is 220 g/mol. The highest BCUT2D eigenvalue weighted by Gasteiger charge is 2.32. The minimum atomic E-state index is 0.0900. The fourth-order valence-corrected chi connectivity index (χ4v) is 2.56. The second-order valence-corrected chi connectivity index (χ2v) is 5.36. The van der Waals surface area contributed by atoms with E-state index in [4.69, 9.17) is 5.73 Å². The average Bonchev–Trinajstić information content (AvgIpc) is 3.02. The van der Waals surface area contributed by atoms with Gasteiger partial charge >= 0.3 is 0 Å². The molecule has 0 atom stereocenters. The Balaban J connectivity index is 2.18. The van der Waals surface area contributed by atoms with E-state index in [-0.39, 0.29) is 5.91 Å². The predicted molar refractivity (Wildman–Crippen MR) is 67.7 cm³/mol. The second-order valence-electron chi connectivity index (χ2n) is 4.10. The molecule has 1 aliphatic rings. The molecular formula is C12H16N2OS. The molecule has 0 bridgehead atoms.